The van der Waals surface area contributed by atoms with Crippen LogP contribution in [0.1, 0.15) is 58.8 Å². The van der Waals surface area contributed by atoms with E-state index in [2.05, 4.69) is 17.7 Å². The van der Waals surface area contributed by atoms with Gasteiger partial charge in [-0.05, 0) is 44.6 Å². The Balaban J connectivity index is 2.54. The van der Waals surface area contributed by atoms with Crippen LogP contribution in [0.5, 0.6) is 0 Å². The summed E-state index contributed by atoms with van der Waals surface area (Å²) in [6, 6.07) is 0. The van der Waals surface area contributed by atoms with Crippen molar-refractivity contribution in [2.24, 2.45) is 5.41 Å². The van der Waals surface area contributed by atoms with Crippen molar-refractivity contribution in [3.05, 3.63) is 48.1 Å². The van der Waals surface area contributed by atoms with Gasteiger partial charge in [-0.1, -0.05) is 50.3 Å². The SMILES string of the molecule is CC/C=C\C[C@H](O)C/C=C1/C(=O)C=C[C@]1(C)C/C=C\CCCC(=O)OC. The number of rotatable bonds is 11. The average Bonchev–Trinajstić information content (AvgIpc) is 2.90. The van der Waals surface area contributed by atoms with E-state index in [0.29, 0.717) is 19.3 Å². The molecule has 4 nitrogen and oxygen atoms in total. The van der Waals surface area contributed by atoms with E-state index in [-0.39, 0.29) is 17.2 Å². The molecule has 1 N–H and O–H groups in total. The fraction of sp³-hybridized carbons (Fsp3) is 0.545. The van der Waals surface area contributed by atoms with Crippen molar-refractivity contribution >= 4 is 11.8 Å². The maximum atomic E-state index is 12.2. The smallest absolute Gasteiger partial charge is 0.305 e. The Labute approximate surface area is 157 Å². The number of aliphatic hydroxyl groups excluding tert-OH is 1. The topological polar surface area (TPSA) is 63.6 Å². The summed E-state index contributed by atoms with van der Waals surface area (Å²) < 4.78 is 4.62. The van der Waals surface area contributed by atoms with Crippen LogP contribution < -0.4 is 0 Å². The average molecular weight is 360 g/mol. The standard InChI is InChI=1S/C22H32O4/c1-4-5-8-11-18(23)13-14-19-20(24)15-17-22(19,2)16-10-7-6-9-12-21(25)26-3/h5,7-8,10,14-15,17-18,23H,4,6,9,11-13,16H2,1-3H3/b8-5-,10-7-,19-14-/t18-,22-/m0/s1. The molecule has 2 atom stereocenters. The Morgan fingerprint density at radius 1 is 1.27 bits per heavy atom. The molecule has 0 aromatic rings. The van der Waals surface area contributed by atoms with E-state index in [1.807, 2.05) is 37.3 Å². The van der Waals surface area contributed by atoms with Gasteiger partial charge < -0.3 is 9.84 Å². The summed E-state index contributed by atoms with van der Waals surface area (Å²) in [4.78, 5) is 23.2. The Hall–Kier alpha value is -1.94. The minimum absolute atomic E-state index is 0.0305. The van der Waals surface area contributed by atoms with Gasteiger partial charge >= 0.3 is 5.97 Å². The van der Waals surface area contributed by atoms with Gasteiger partial charge in [0.15, 0.2) is 5.78 Å². The fourth-order valence-electron chi connectivity index (χ4n) is 2.91. The number of unbranched alkanes of at least 4 members (excludes halogenated alkanes) is 1. The molecule has 0 aromatic heterocycles. The summed E-state index contributed by atoms with van der Waals surface area (Å²) in [5.41, 5.74) is 0.435. The van der Waals surface area contributed by atoms with Gasteiger partial charge in [-0.2, -0.15) is 0 Å². The number of carbonyl (C=O) groups is 2. The zero-order chi connectivity index (χ0) is 19.4. The van der Waals surface area contributed by atoms with Crippen LogP contribution in [0.15, 0.2) is 48.1 Å². The number of hydrogen-bond acceptors (Lipinski definition) is 4. The molecule has 0 aromatic carbocycles. The van der Waals surface area contributed by atoms with E-state index < -0.39 is 6.10 Å². The molecule has 1 rings (SSSR count). The van der Waals surface area contributed by atoms with Crippen LogP contribution in [0.25, 0.3) is 0 Å². The van der Waals surface area contributed by atoms with Gasteiger partial charge in [0.25, 0.3) is 0 Å². The maximum absolute atomic E-state index is 12.2. The Kier molecular flexibility index (Phi) is 9.89. The van der Waals surface area contributed by atoms with E-state index in [1.54, 1.807) is 6.08 Å². The first kappa shape index (κ1) is 22.1. The molecule has 0 bridgehead atoms. The summed E-state index contributed by atoms with van der Waals surface area (Å²) in [6.07, 6.45) is 17.9. The minimum Gasteiger partial charge on any atom is -0.469 e. The molecule has 1 aliphatic rings. The Bertz CT molecular complexity index is 583. The van der Waals surface area contributed by atoms with Gasteiger partial charge in [-0.15, -0.1) is 0 Å². The molecule has 0 heterocycles. The lowest BCUT2D eigenvalue weighted by atomic mass is 9.80. The number of ketones is 1. The third-order valence-electron chi connectivity index (χ3n) is 4.58. The number of allylic oxidation sites excluding steroid dienone is 6. The summed E-state index contributed by atoms with van der Waals surface area (Å²) >= 11 is 0. The first-order chi connectivity index (χ1) is 12.4. The van der Waals surface area contributed by atoms with Gasteiger partial charge in [0.2, 0.25) is 0 Å². The van der Waals surface area contributed by atoms with E-state index in [9.17, 15) is 14.7 Å². The molecule has 0 radical (unpaired) electrons. The van der Waals surface area contributed by atoms with E-state index >= 15 is 0 Å². The number of ether oxygens (including phenoxy) is 1. The summed E-state index contributed by atoms with van der Waals surface area (Å²) in [5, 5.41) is 10.1. The monoisotopic (exact) mass is 360 g/mol. The lowest BCUT2D eigenvalue weighted by Crippen LogP contribution is -2.16. The van der Waals surface area contributed by atoms with Crippen LogP contribution in [0.2, 0.25) is 0 Å². The van der Waals surface area contributed by atoms with Crippen molar-refractivity contribution in [2.45, 2.75) is 64.9 Å². The highest BCUT2D eigenvalue weighted by Crippen LogP contribution is 2.39. The molecular formula is C22H32O4. The second-order valence-corrected chi connectivity index (χ2v) is 6.88. The molecule has 0 amide bonds. The molecule has 0 aliphatic heterocycles. The van der Waals surface area contributed by atoms with Gasteiger partial charge in [0.05, 0.1) is 13.2 Å². The quantitative estimate of drug-likeness (QED) is 0.256. The van der Waals surface area contributed by atoms with Crippen molar-refractivity contribution in [2.75, 3.05) is 7.11 Å². The van der Waals surface area contributed by atoms with Crippen LogP contribution in [0.4, 0.5) is 0 Å². The number of carbonyl (C=O) groups excluding carboxylic acids is 2. The first-order valence-corrected chi connectivity index (χ1v) is 9.42. The molecule has 1 aliphatic carbocycles. The molecule has 144 valence electrons. The Morgan fingerprint density at radius 2 is 2.04 bits per heavy atom. The summed E-state index contributed by atoms with van der Waals surface area (Å²) in [7, 11) is 1.40. The third-order valence-corrected chi connectivity index (χ3v) is 4.58. The van der Waals surface area contributed by atoms with Gasteiger partial charge in [0.1, 0.15) is 0 Å². The molecule has 0 saturated heterocycles. The molecule has 26 heavy (non-hydrogen) atoms. The normalized spacial score (nSPS) is 22.8. The third kappa shape index (κ3) is 7.52. The maximum Gasteiger partial charge on any atom is 0.305 e. The second kappa shape index (κ2) is 11.6. The molecule has 0 fully saturated rings. The van der Waals surface area contributed by atoms with Gasteiger partial charge in [-0.25, -0.2) is 0 Å². The zero-order valence-corrected chi connectivity index (χ0v) is 16.2. The van der Waals surface area contributed by atoms with Crippen molar-refractivity contribution < 1.29 is 19.4 Å². The number of methoxy groups -OCH3 is 1. The molecule has 4 heteroatoms. The molecule has 0 saturated carbocycles. The minimum atomic E-state index is -0.461. The molecule has 0 unspecified atom stereocenters. The number of aliphatic hydroxyl groups is 1. The van der Waals surface area contributed by atoms with Crippen LogP contribution >= 0.6 is 0 Å². The second-order valence-electron chi connectivity index (χ2n) is 6.88. The van der Waals surface area contributed by atoms with Crippen molar-refractivity contribution in [1.82, 2.24) is 0 Å². The highest BCUT2D eigenvalue weighted by Gasteiger charge is 2.33. The van der Waals surface area contributed by atoms with E-state index in [1.165, 1.54) is 7.11 Å². The van der Waals surface area contributed by atoms with E-state index in [4.69, 9.17) is 0 Å². The summed E-state index contributed by atoms with van der Waals surface area (Å²) in [5.74, 6) is -0.157. The van der Waals surface area contributed by atoms with Crippen molar-refractivity contribution in [3.63, 3.8) is 0 Å². The lowest BCUT2D eigenvalue weighted by molar-refractivity contribution is -0.140. The van der Waals surface area contributed by atoms with Crippen molar-refractivity contribution in [1.29, 1.82) is 0 Å². The summed E-state index contributed by atoms with van der Waals surface area (Å²) in [6.45, 7) is 4.10. The van der Waals surface area contributed by atoms with Gasteiger partial charge in [0, 0.05) is 17.4 Å². The fourth-order valence-corrected chi connectivity index (χ4v) is 2.91. The van der Waals surface area contributed by atoms with Gasteiger partial charge in [-0.3, -0.25) is 9.59 Å². The molecule has 0 spiro atoms. The highest BCUT2D eigenvalue weighted by molar-refractivity contribution is 6.08. The predicted molar refractivity (Wildman–Crippen MR) is 105 cm³/mol. The number of hydrogen-bond donors (Lipinski definition) is 1. The first-order valence-electron chi connectivity index (χ1n) is 9.42. The predicted octanol–water partition coefficient (Wildman–Crippen LogP) is 4.45. The highest BCUT2D eigenvalue weighted by atomic mass is 16.5. The largest absolute Gasteiger partial charge is 0.469 e. The van der Waals surface area contributed by atoms with Crippen LogP contribution in [-0.2, 0) is 14.3 Å². The van der Waals surface area contributed by atoms with Crippen molar-refractivity contribution in [3.8, 4) is 0 Å². The molecular weight excluding hydrogens is 328 g/mol. The Morgan fingerprint density at radius 3 is 2.73 bits per heavy atom. The zero-order valence-electron chi connectivity index (χ0n) is 16.2. The van der Waals surface area contributed by atoms with E-state index in [0.717, 1.165) is 31.3 Å². The number of esters is 1. The lowest BCUT2D eigenvalue weighted by Gasteiger charge is -2.22. The van der Waals surface area contributed by atoms with Crippen LogP contribution in [0.3, 0.4) is 0 Å². The van der Waals surface area contributed by atoms with Crippen LogP contribution in [-0.4, -0.2) is 30.1 Å². The van der Waals surface area contributed by atoms with Crippen LogP contribution in [0, 0.1) is 5.41 Å².